The molecule has 2 aromatic carbocycles. The standard InChI is InChI=1S/C26H26N4O4S/c1-26(10-12-30(26)25(34)19-15-35-21-6-3-2-5-18(19)21)24(33)23(27-11-4-7-22(31)32)16-8-9-17-14-28-29-20(17)13-16/h2-3,5-6,8-9,13-15,23,27H,4,7,10-12H2,1H3,(H,28,29)(H,31,32). The van der Waals surface area contributed by atoms with Crippen molar-refractivity contribution in [2.75, 3.05) is 13.1 Å². The van der Waals surface area contributed by atoms with E-state index in [1.165, 1.54) is 11.3 Å². The number of carbonyl (C=O) groups excluding carboxylic acids is 2. The number of thiophene rings is 1. The van der Waals surface area contributed by atoms with Crippen molar-refractivity contribution in [3.63, 3.8) is 0 Å². The van der Waals surface area contributed by atoms with Crippen molar-refractivity contribution < 1.29 is 19.5 Å². The van der Waals surface area contributed by atoms with E-state index in [1.807, 2.05) is 54.8 Å². The predicted molar refractivity (Wildman–Crippen MR) is 135 cm³/mol. The van der Waals surface area contributed by atoms with E-state index in [4.69, 9.17) is 5.11 Å². The van der Waals surface area contributed by atoms with Crippen LogP contribution in [0, 0.1) is 0 Å². The van der Waals surface area contributed by atoms with Gasteiger partial charge in [-0.3, -0.25) is 19.5 Å². The summed E-state index contributed by atoms with van der Waals surface area (Å²) in [7, 11) is 0. The quantitative estimate of drug-likeness (QED) is 0.304. The summed E-state index contributed by atoms with van der Waals surface area (Å²) in [6.45, 7) is 2.70. The summed E-state index contributed by atoms with van der Waals surface area (Å²) < 4.78 is 1.04. The Bertz CT molecular complexity index is 1430. The van der Waals surface area contributed by atoms with Crippen molar-refractivity contribution >= 4 is 50.0 Å². The number of amides is 1. The highest BCUT2D eigenvalue weighted by Gasteiger charge is 2.51. The molecule has 8 nitrogen and oxygen atoms in total. The molecule has 0 spiro atoms. The fourth-order valence-corrected chi connectivity index (χ4v) is 5.66. The second-order valence-corrected chi connectivity index (χ2v) is 10.0. The van der Waals surface area contributed by atoms with Gasteiger partial charge in [-0.25, -0.2) is 0 Å². The third kappa shape index (κ3) is 4.21. The minimum absolute atomic E-state index is 0.0145. The van der Waals surface area contributed by atoms with Crippen LogP contribution >= 0.6 is 11.3 Å². The molecule has 9 heteroatoms. The van der Waals surface area contributed by atoms with Crippen molar-refractivity contribution in [3.05, 3.63) is 65.2 Å². The number of aliphatic carboxylic acids is 1. The predicted octanol–water partition coefficient (Wildman–Crippen LogP) is 4.15. The molecule has 0 radical (unpaired) electrons. The number of aromatic amines is 1. The Labute approximate surface area is 205 Å². The highest BCUT2D eigenvalue weighted by molar-refractivity contribution is 7.17. The molecule has 1 fully saturated rings. The lowest BCUT2D eigenvalue weighted by atomic mass is 9.77. The highest BCUT2D eigenvalue weighted by atomic mass is 32.1. The molecule has 3 N–H and O–H groups in total. The van der Waals surface area contributed by atoms with Gasteiger partial charge >= 0.3 is 5.97 Å². The largest absolute Gasteiger partial charge is 0.481 e. The van der Waals surface area contributed by atoms with Gasteiger partial charge in [-0.05, 0) is 44.0 Å². The minimum Gasteiger partial charge on any atom is -0.481 e. The SMILES string of the molecule is CC1(C(=O)C(NCCCC(=O)O)c2ccc3cn[nH]c3c2)CCN1C(=O)c1csc2ccccc12. The fourth-order valence-electron chi connectivity index (χ4n) is 4.72. The Hall–Kier alpha value is -3.56. The van der Waals surface area contributed by atoms with E-state index < -0.39 is 17.6 Å². The van der Waals surface area contributed by atoms with Crippen LogP contribution in [-0.2, 0) is 9.59 Å². The lowest BCUT2D eigenvalue weighted by Gasteiger charge is -2.50. The molecule has 3 heterocycles. The second-order valence-electron chi connectivity index (χ2n) is 9.09. The van der Waals surface area contributed by atoms with Crippen LogP contribution in [0.3, 0.4) is 0 Å². The number of likely N-dealkylation sites (tertiary alicyclic amines) is 1. The zero-order chi connectivity index (χ0) is 24.6. The van der Waals surface area contributed by atoms with Gasteiger partial charge in [0.1, 0.15) is 5.54 Å². The summed E-state index contributed by atoms with van der Waals surface area (Å²) >= 11 is 1.52. The van der Waals surface area contributed by atoms with Crippen molar-refractivity contribution in [1.29, 1.82) is 0 Å². The monoisotopic (exact) mass is 490 g/mol. The van der Waals surface area contributed by atoms with Gasteiger partial charge in [-0.15, -0.1) is 11.3 Å². The van der Waals surface area contributed by atoms with E-state index in [9.17, 15) is 14.4 Å². The van der Waals surface area contributed by atoms with Gasteiger partial charge in [-0.2, -0.15) is 5.10 Å². The number of carboxylic acids is 1. The number of hydrogen-bond donors (Lipinski definition) is 3. The van der Waals surface area contributed by atoms with E-state index >= 15 is 0 Å². The molecule has 180 valence electrons. The smallest absolute Gasteiger partial charge is 0.303 e. The Morgan fingerprint density at radius 1 is 1.26 bits per heavy atom. The number of hydrogen-bond acceptors (Lipinski definition) is 6. The lowest BCUT2D eigenvalue weighted by molar-refractivity contribution is -0.137. The third-order valence-electron chi connectivity index (χ3n) is 6.88. The number of nitrogens with one attached hydrogen (secondary N) is 2. The highest BCUT2D eigenvalue weighted by Crippen LogP contribution is 2.38. The molecule has 0 aliphatic carbocycles. The van der Waals surface area contributed by atoms with Gasteiger partial charge < -0.3 is 15.3 Å². The van der Waals surface area contributed by atoms with Crippen molar-refractivity contribution in [2.45, 2.75) is 37.8 Å². The first-order valence-corrected chi connectivity index (χ1v) is 12.5. The zero-order valence-electron chi connectivity index (χ0n) is 19.3. The molecule has 0 saturated carbocycles. The van der Waals surface area contributed by atoms with Gasteiger partial charge in [0.25, 0.3) is 5.91 Å². The molecule has 4 aromatic rings. The molecule has 5 rings (SSSR count). The Morgan fingerprint density at radius 3 is 2.86 bits per heavy atom. The summed E-state index contributed by atoms with van der Waals surface area (Å²) in [5.41, 5.74) is 1.22. The van der Waals surface area contributed by atoms with E-state index in [0.29, 0.717) is 31.5 Å². The van der Waals surface area contributed by atoms with Crippen LogP contribution in [0.15, 0.2) is 54.0 Å². The van der Waals surface area contributed by atoms with Crippen LogP contribution in [0.4, 0.5) is 0 Å². The van der Waals surface area contributed by atoms with Gasteiger partial charge in [-0.1, -0.05) is 30.3 Å². The second kappa shape index (κ2) is 9.24. The molecule has 1 aliphatic heterocycles. The van der Waals surface area contributed by atoms with Crippen LogP contribution in [0.1, 0.15) is 48.1 Å². The Balaban J connectivity index is 1.43. The average molecular weight is 491 g/mol. The topological polar surface area (TPSA) is 115 Å². The maximum Gasteiger partial charge on any atom is 0.303 e. The molecule has 1 amide bonds. The number of fused-ring (bicyclic) bond motifs is 2. The average Bonchev–Trinajstić information content (AvgIpc) is 3.49. The first-order valence-electron chi connectivity index (χ1n) is 11.6. The van der Waals surface area contributed by atoms with Crippen molar-refractivity contribution in [1.82, 2.24) is 20.4 Å². The summed E-state index contributed by atoms with van der Waals surface area (Å²) in [4.78, 5) is 40.2. The van der Waals surface area contributed by atoms with Gasteiger partial charge in [0.15, 0.2) is 5.78 Å². The van der Waals surface area contributed by atoms with E-state index in [1.54, 1.807) is 11.1 Å². The molecular formula is C26H26N4O4S. The normalized spacial score (nSPS) is 18.5. The van der Waals surface area contributed by atoms with Crippen LogP contribution in [0.25, 0.3) is 21.0 Å². The van der Waals surface area contributed by atoms with Crippen molar-refractivity contribution in [3.8, 4) is 0 Å². The van der Waals surface area contributed by atoms with Crippen LogP contribution in [0.5, 0.6) is 0 Å². The molecule has 0 bridgehead atoms. The first kappa shape index (κ1) is 23.2. The van der Waals surface area contributed by atoms with Gasteiger partial charge in [0.05, 0.1) is 23.3 Å². The number of carbonyl (C=O) groups is 3. The minimum atomic E-state index is -0.965. The summed E-state index contributed by atoms with van der Waals surface area (Å²) in [6.07, 6.45) is 2.70. The fraction of sp³-hybridized carbons (Fsp3) is 0.308. The van der Waals surface area contributed by atoms with E-state index in [0.717, 1.165) is 26.6 Å². The summed E-state index contributed by atoms with van der Waals surface area (Å²) in [5, 5.41) is 22.9. The van der Waals surface area contributed by atoms with E-state index in [2.05, 4.69) is 15.5 Å². The van der Waals surface area contributed by atoms with Crippen LogP contribution < -0.4 is 5.32 Å². The lowest BCUT2D eigenvalue weighted by Crippen LogP contribution is -2.66. The molecule has 35 heavy (non-hydrogen) atoms. The third-order valence-corrected chi connectivity index (χ3v) is 7.85. The van der Waals surface area contributed by atoms with Crippen LogP contribution in [0.2, 0.25) is 0 Å². The maximum atomic E-state index is 14.0. The molecule has 2 aromatic heterocycles. The van der Waals surface area contributed by atoms with E-state index in [-0.39, 0.29) is 18.1 Å². The number of ketones is 1. The van der Waals surface area contributed by atoms with Gasteiger partial charge in [0.2, 0.25) is 0 Å². The number of aromatic nitrogens is 2. The first-order chi connectivity index (χ1) is 16.9. The number of nitrogens with zero attached hydrogens (tertiary/aromatic N) is 2. The Kier molecular flexibility index (Phi) is 6.12. The molecule has 1 aliphatic rings. The summed E-state index contributed by atoms with van der Waals surface area (Å²) in [6, 6.07) is 12.8. The number of rotatable bonds is 9. The molecular weight excluding hydrogens is 464 g/mol. The van der Waals surface area contributed by atoms with Gasteiger partial charge in [0, 0.05) is 33.8 Å². The number of benzene rings is 2. The van der Waals surface area contributed by atoms with Crippen LogP contribution in [-0.4, -0.2) is 56.5 Å². The number of carboxylic acid groups (broad SMARTS) is 1. The number of H-pyrrole nitrogens is 1. The molecule has 2 atom stereocenters. The zero-order valence-corrected chi connectivity index (χ0v) is 20.1. The number of Topliss-reactive ketones (excluding diaryl/α,β-unsaturated/α-hetero) is 1. The molecule has 1 saturated heterocycles. The molecule has 2 unspecified atom stereocenters. The van der Waals surface area contributed by atoms with Crippen molar-refractivity contribution in [2.24, 2.45) is 0 Å². The maximum absolute atomic E-state index is 14.0. The summed E-state index contributed by atoms with van der Waals surface area (Å²) in [5.74, 6) is -1.12. The Morgan fingerprint density at radius 2 is 2.09 bits per heavy atom.